The number of hydrogen-bond donors (Lipinski definition) is 2. The fourth-order valence-corrected chi connectivity index (χ4v) is 3.68. The summed E-state index contributed by atoms with van der Waals surface area (Å²) in [5.41, 5.74) is 1.30. The average Bonchev–Trinajstić information content (AvgIpc) is 3.20. The lowest BCUT2D eigenvalue weighted by atomic mass is 9.98. The molecule has 0 spiro atoms. The maximum absolute atomic E-state index is 13.7. The van der Waals surface area contributed by atoms with E-state index < -0.39 is 12.1 Å². The van der Waals surface area contributed by atoms with Gasteiger partial charge in [0.15, 0.2) is 0 Å². The Morgan fingerprint density at radius 1 is 1.24 bits per heavy atom. The molecule has 1 aliphatic heterocycles. The Morgan fingerprint density at radius 2 is 1.91 bits per heavy atom. The van der Waals surface area contributed by atoms with Crippen LogP contribution in [0.15, 0.2) is 22.7 Å². The zero-order chi connectivity index (χ0) is 25.5. The van der Waals surface area contributed by atoms with E-state index in [0.717, 1.165) is 39.1 Å². The molecular weight excluding hydrogens is 460 g/mol. The Labute approximate surface area is 195 Å². The Hall–Kier alpha value is -2.57. The van der Waals surface area contributed by atoms with Crippen molar-refractivity contribution >= 4 is 5.97 Å². The molecule has 1 aromatic heterocycles. The number of aromatic nitrogens is 2. The molecule has 8 nitrogen and oxygen atoms in total. The molecule has 0 amide bonds. The number of aliphatic hydroxyl groups excluding tert-OH is 1. The zero-order valence-corrected chi connectivity index (χ0v) is 19.4. The summed E-state index contributed by atoms with van der Waals surface area (Å²) in [5.74, 6) is -2.00. The van der Waals surface area contributed by atoms with Crippen LogP contribution in [0.2, 0.25) is 0 Å². The highest BCUT2D eigenvalue weighted by Crippen LogP contribution is 2.22. The van der Waals surface area contributed by atoms with Gasteiger partial charge in [-0.1, -0.05) is 17.3 Å². The van der Waals surface area contributed by atoms with Gasteiger partial charge in [0.1, 0.15) is 5.82 Å². The number of piperazine rings is 1. The average molecular weight is 490 g/mol. The molecule has 3 rings (SSSR count). The van der Waals surface area contributed by atoms with E-state index in [9.17, 15) is 22.7 Å². The minimum absolute atomic E-state index is 0.0636. The van der Waals surface area contributed by atoms with Crippen LogP contribution in [0, 0.1) is 12.7 Å². The van der Waals surface area contributed by atoms with E-state index in [-0.39, 0.29) is 18.0 Å². The molecule has 0 atom stereocenters. The van der Waals surface area contributed by atoms with E-state index in [1.54, 1.807) is 19.1 Å². The number of carbonyl (C=O) groups is 1. The Bertz CT molecular complexity index is 949. The molecule has 2 heterocycles. The maximum Gasteiger partial charge on any atom is 0.490 e. The van der Waals surface area contributed by atoms with Gasteiger partial charge in [-0.2, -0.15) is 18.2 Å². The molecule has 0 aliphatic carbocycles. The first-order valence-electron chi connectivity index (χ1n) is 10.8. The van der Waals surface area contributed by atoms with Crippen molar-refractivity contribution in [3.05, 3.63) is 35.5 Å². The molecular formula is C22H30F4N4O4. The second-order valence-corrected chi connectivity index (χ2v) is 8.68. The summed E-state index contributed by atoms with van der Waals surface area (Å²) in [7, 11) is 0. The minimum atomic E-state index is -5.08. The van der Waals surface area contributed by atoms with Gasteiger partial charge in [0.2, 0.25) is 11.7 Å². The van der Waals surface area contributed by atoms with Crippen molar-refractivity contribution in [1.82, 2.24) is 19.9 Å². The normalized spacial score (nSPS) is 16.7. The molecule has 0 bridgehead atoms. The number of benzene rings is 1. The molecule has 2 N–H and O–H groups in total. The predicted octanol–water partition coefficient (Wildman–Crippen LogP) is 3.14. The lowest BCUT2D eigenvalue weighted by Crippen LogP contribution is -2.59. The number of carboxylic acid groups (broad SMARTS) is 1. The third kappa shape index (κ3) is 8.03. The summed E-state index contributed by atoms with van der Waals surface area (Å²) in [5, 5.41) is 20.3. The van der Waals surface area contributed by atoms with Crippen molar-refractivity contribution in [2.75, 3.05) is 39.3 Å². The lowest BCUT2D eigenvalue weighted by molar-refractivity contribution is -0.192. The smallest absolute Gasteiger partial charge is 0.475 e. The molecule has 34 heavy (non-hydrogen) atoms. The van der Waals surface area contributed by atoms with Crippen LogP contribution in [0.25, 0.3) is 11.4 Å². The van der Waals surface area contributed by atoms with Crippen LogP contribution >= 0.6 is 0 Å². The number of nitrogens with zero attached hydrogens (tertiary/aromatic N) is 4. The molecule has 0 saturated carbocycles. The highest BCUT2D eigenvalue weighted by Gasteiger charge is 2.38. The second-order valence-electron chi connectivity index (χ2n) is 8.68. The molecule has 1 fully saturated rings. The van der Waals surface area contributed by atoms with Gasteiger partial charge in [-0.25, -0.2) is 9.18 Å². The third-order valence-electron chi connectivity index (χ3n) is 5.53. The molecule has 12 heteroatoms. The molecule has 0 radical (unpaired) electrons. The number of rotatable bonds is 7. The highest BCUT2D eigenvalue weighted by molar-refractivity contribution is 5.73. The third-order valence-corrected chi connectivity index (χ3v) is 5.53. The van der Waals surface area contributed by atoms with Crippen molar-refractivity contribution in [3.8, 4) is 11.4 Å². The monoisotopic (exact) mass is 490 g/mol. The number of carboxylic acids is 1. The van der Waals surface area contributed by atoms with E-state index in [2.05, 4.69) is 33.8 Å². The molecule has 0 unspecified atom stereocenters. The number of aryl methyl sites for hydroxylation is 2. The molecule has 1 aliphatic rings. The summed E-state index contributed by atoms with van der Waals surface area (Å²) in [4.78, 5) is 18.1. The van der Waals surface area contributed by atoms with Crippen molar-refractivity contribution in [2.24, 2.45) is 0 Å². The number of alkyl halides is 3. The van der Waals surface area contributed by atoms with Crippen LogP contribution in [-0.2, 0) is 11.2 Å². The van der Waals surface area contributed by atoms with Crippen molar-refractivity contribution in [2.45, 2.75) is 45.3 Å². The summed E-state index contributed by atoms with van der Waals surface area (Å²) < 4.78 is 50.8. The van der Waals surface area contributed by atoms with Gasteiger partial charge >= 0.3 is 12.1 Å². The Balaban J connectivity index is 0.000000509. The van der Waals surface area contributed by atoms with Gasteiger partial charge in [0.05, 0.1) is 6.61 Å². The number of aliphatic hydroxyl groups is 1. The maximum atomic E-state index is 13.7. The van der Waals surface area contributed by atoms with E-state index in [4.69, 9.17) is 14.4 Å². The highest BCUT2D eigenvalue weighted by atomic mass is 19.4. The van der Waals surface area contributed by atoms with Gasteiger partial charge in [-0.15, -0.1) is 0 Å². The van der Waals surface area contributed by atoms with Crippen LogP contribution in [-0.4, -0.2) is 87.2 Å². The Morgan fingerprint density at radius 3 is 2.47 bits per heavy atom. The van der Waals surface area contributed by atoms with Crippen LogP contribution in [0.3, 0.4) is 0 Å². The summed E-state index contributed by atoms with van der Waals surface area (Å²) in [6.07, 6.45) is -3.45. The first-order valence-corrected chi connectivity index (χ1v) is 10.8. The van der Waals surface area contributed by atoms with Gasteiger partial charge in [0, 0.05) is 43.7 Å². The van der Waals surface area contributed by atoms with Gasteiger partial charge in [-0.05, 0) is 45.4 Å². The van der Waals surface area contributed by atoms with Crippen molar-refractivity contribution in [1.29, 1.82) is 0 Å². The molecule has 190 valence electrons. The largest absolute Gasteiger partial charge is 0.490 e. The number of β-amino-alcohol motifs (C(OH)–C–C–N with tert-alkyl or cyclic N) is 1. The fourth-order valence-electron chi connectivity index (χ4n) is 3.68. The van der Waals surface area contributed by atoms with Crippen LogP contribution in [0.4, 0.5) is 17.6 Å². The number of halogens is 4. The minimum Gasteiger partial charge on any atom is -0.475 e. The van der Waals surface area contributed by atoms with E-state index >= 15 is 0 Å². The first-order chi connectivity index (χ1) is 15.8. The summed E-state index contributed by atoms with van der Waals surface area (Å²) in [6, 6.07) is 4.97. The SMILES string of the molecule is Cc1ccc(-c2noc(CCCN3CCN(CCO)C(C)(C)C3)n2)cc1F.O=C(O)C(F)(F)F. The molecule has 1 aromatic carbocycles. The van der Waals surface area contributed by atoms with Crippen LogP contribution < -0.4 is 0 Å². The van der Waals surface area contributed by atoms with E-state index in [1.165, 1.54) is 6.07 Å². The van der Waals surface area contributed by atoms with Gasteiger partial charge in [-0.3, -0.25) is 4.90 Å². The van der Waals surface area contributed by atoms with Crippen LogP contribution in [0.5, 0.6) is 0 Å². The van der Waals surface area contributed by atoms with Crippen molar-refractivity contribution < 1.29 is 37.1 Å². The Kier molecular flexibility index (Phi) is 9.54. The number of hydrogen-bond acceptors (Lipinski definition) is 7. The topological polar surface area (TPSA) is 103 Å². The predicted molar refractivity (Wildman–Crippen MR) is 116 cm³/mol. The summed E-state index contributed by atoms with van der Waals surface area (Å²) >= 11 is 0. The second kappa shape index (κ2) is 11.7. The summed E-state index contributed by atoms with van der Waals surface area (Å²) in [6.45, 7) is 11.0. The fraction of sp³-hybridized carbons (Fsp3) is 0.591. The quantitative estimate of drug-likeness (QED) is 0.571. The van der Waals surface area contributed by atoms with E-state index in [0.29, 0.717) is 29.3 Å². The van der Waals surface area contributed by atoms with E-state index in [1.807, 2.05) is 0 Å². The molecule has 2 aromatic rings. The van der Waals surface area contributed by atoms with Gasteiger partial charge in [0.25, 0.3) is 0 Å². The first kappa shape index (κ1) is 27.7. The van der Waals surface area contributed by atoms with Crippen molar-refractivity contribution in [3.63, 3.8) is 0 Å². The van der Waals surface area contributed by atoms with Gasteiger partial charge < -0.3 is 19.6 Å². The standard InChI is InChI=1S/C20H29FN4O2.C2HF3O2/c1-15-6-7-16(13-17(15)21)19-22-18(27-23-19)5-4-8-24-9-10-25(11-12-26)20(2,3)14-24;3-2(4,5)1(6)7/h6-7,13,26H,4-5,8-12,14H2,1-3H3;(H,6,7). The molecule has 1 saturated heterocycles. The van der Waals surface area contributed by atoms with Crippen LogP contribution in [0.1, 0.15) is 31.7 Å². The lowest BCUT2D eigenvalue weighted by Gasteiger charge is -2.47. The number of aliphatic carboxylic acids is 1. The zero-order valence-electron chi connectivity index (χ0n) is 19.4.